The zero-order valence-electron chi connectivity index (χ0n) is 30.3. The number of para-hydroxylation sites is 3. The van der Waals surface area contributed by atoms with Crippen LogP contribution in [0.1, 0.15) is 22.3 Å². The summed E-state index contributed by atoms with van der Waals surface area (Å²) in [5, 5.41) is 4.82. The average Bonchev–Trinajstić information content (AvgIpc) is 3.79. The highest BCUT2D eigenvalue weighted by Gasteiger charge is 2.50. The number of furan rings is 1. The van der Waals surface area contributed by atoms with E-state index in [1.165, 1.54) is 65.1 Å². The van der Waals surface area contributed by atoms with Gasteiger partial charge in [0.1, 0.15) is 5.58 Å². The molecule has 10 aromatic rings. The summed E-state index contributed by atoms with van der Waals surface area (Å²) in [6.07, 6.45) is 0. The Kier molecular flexibility index (Phi) is 6.81. The molecule has 0 radical (unpaired) electrons. The van der Waals surface area contributed by atoms with E-state index in [1.807, 2.05) is 23.9 Å². The van der Waals surface area contributed by atoms with Crippen molar-refractivity contribution in [3.8, 4) is 22.3 Å². The Balaban J connectivity index is 1.03. The van der Waals surface area contributed by atoms with Crippen LogP contribution in [0.25, 0.3) is 55.0 Å². The Hall–Kier alpha value is -6.81. The smallest absolute Gasteiger partial charge is 0.159 e. The van der Waals surface area contributed by atoms with Gasteiger partial charge in [0.05, 0.1) is 11.1 Å². The minimum atomic E-state index is -0.446. The molecule has 0 saturated carbocycles. The van der Waals surface area contributed by atoms with Crippen LogP contribution in [0.4, 0.5) is 17.1 Å². The molecule has 1 aromatic heterocycles. The predicted molar refractivity (Wildman–Crippen MR) is 233 cm³/mol. The Bertz CT molecular complexity index is 3130. The first kappa shape index (κ1) is 31.5. The molecule has 0 unspecified atom stereocenters. The van der Waals surface area contributed by atoms with Crippen molar-refractivity contribution < 1.29 is 4.42 Å². The molecule has 0 atom stereocenters. The van der Waals surface area contributed by atoms with Crippen molar-refractivity contribution in [2.24, 2.45) is 0 Å². The second-order valence-corrected chi connectivity index (χ2v) is 15.8. The molecule has 1 aliphatic heterocycles. The van der Waals surface area contributed by atoms with Crippen LogP contribution in [0.15, 0.2) is 214 Å². The van der Waals surface area contributed by atoms with Crippen molar-refractivity contribution in [3.05, 3.63) is 222 Å². The molecule has 0 amide bonds. The second kappa shape index (κ2) is 12.1. The molecule has 1 aliphatic carbocycles. The van der Waals surface area contributed by atoms with Crippen LogP contribution in [0.3, 0.4) is 0 Å². The Morgan fingerprint density at radius 3 is 1.88 bits per heavy atom. The lowest BCUT2D eigenvalue weighted by atomic mass is 9.66. The number of benzene rings is 9. The summed E-state index contributed by atoms with van der Waals surface area (Å²) in [6, 6.07) is 73.1. The minimum Gasteiger partial charge on any atom is -0.454 e. The lowest BCUT2D eigenvalue weighted by Gasteiger charge is -2.40. The van der Waals surface area contributed by atoms with Crippen LogP contribution >= 0.6 is 11.8 Å². The highest BCUT2D eigenvalue weighted by Crippen LogP contribution is 2.63. The average molecular weight is 732 g/mol. The molecule has 2 nitrogen and oxygen atoms in total. The summed E-state index contributed by atoms with van der Waals surface area (Å²) in [6.45, 7) is 0. The quantitative estimate of drug-likeness (QED) is 0.179. The molecule has 0 bridgehead atoms. The molecule has 1 spiro atoms. The number of hydrogen-bond donors (Lipinski definition) is 0. The number of hydrogen-bond acceptors (Lipinski definition) is 3. The molecule has 0 N–H and O–H groups in total. The SMILES string of the molecule is c1ccc(N(c2ccc(-c3ccc4c(c3)C3(c5ccccc5-c5ccccc53)c3ccc5ccccc5c3S4)cc2)c2cccc3c2oc2ccccc23)cc1. The Morgan fingerprint density at radius 1 is 0.429 bits per heavy atom. The van der Waals surface area contributed by atoms with E-state index in [0.29, 0.717) is 0 Å². The van der Waals surface area contributed by atoms with Crippen LogP contribution in [0, 0.1) is 0 Å². The highest BCUT2D eigenvalue weighted by atomic mass is 32.2. The van der Waals surface area contributed by atoms with Crippen molar-refractivity contribution in [1.82, 2.24) is 0 Å². The largest absolute Gasteiger partial charge is 0.454 e. The summed E-state index contributed by atoms with van der Waals surface area (Å²) in [5.74, 6) is 0. The van der Waals surface area contributed by atoms with Crippen LogP contribution in [-0.4, -0.2) is 0 Å². The van der Waals surface area contributed by atoms with Gasteiger partial charge in [-0.15, -0.1) is 0 Å². The number of nitrogens with zero attached hydrogens (tertiary/aromatic N) is 1. The fourth-order valence-corrected chi connectivity index (χ4v) is 10.8. The van der Waals surface area contributed by atoms with Gasteiger partial charge in [-0.25, -0.2) is 0 Å². The molecular formula is C53H33NOS. The summed E-state index contributed by atoms with van der Waals surface area (Å²) < 4.78 is 6.55. The molecule has 12 rings (SSSR count). The molecule has 9 aromatic carbocycles. The summed E-state index contributed by atoms with van der Waals surface area (Å²) in [4.78, 5) is 4.95. The van der Waals surface area contributed by atoms with Gasteiger partial charge in [0, 0.05) is 31.9 Å². The standard InChI is InChI=1S/C53H33NOS/c1-2-14-37(15-3-1)54(48-23-12-20-43-42-19-8-11-24-49(42)55-51(43)48)38-29-25-34(26-30-38)36-28-32-50-47(33-36)53(46-31-27-35-13-4-5-16-39(35)52(46)56-50)44-21-9-6-17-40(44)41-18-7-10-22-45(41)53/h1-33H. The van der Waals surface area contributed by atoms with Gasteiger partial charge in [-0.05, 0) is 104 Å². The first-order chi connectivity index (χ1) is 27.8. The van der Waals surface area contributed by atoms with E-state index in [0.717, 1.165) is 39.0 Å². The maximum atomic E-state index is 6.55. The normalized spacial score (nSPS) is 13.4. The van der Waals surface area contributed by atoms with E-state index in [-0.39, 0.29) is 0 Å². The molecule has 56 heavy (non-hydrogen) atoms. The predicted octanol–water partition coefficient (Wildman–Crippen LogP) is 14.7. The van der Waals surface area contributed by atoms with Crippen molar-refractivity contribution in [1.29, 1.82) is 0 Å². The van der Waals surface area contributed by atoms with E-state index in [2.05, 4.69) is 193 Å². The first-order valence-electron chi connectivity index (χ1n) is 19.2. The van der Waals surface area contributed by atoms with Crippen LogP contribution < -0.4 is 4.90 Å². The topological polar surface area (TPSA) is 16.4 Å². The van der Waals surface area contributed by atoms with Crippen molar-refractivity contribution in [2.45, 2.75) is 15.2 Å². The Labute approximate surface area is 329 Å². The van der Waals surface area contributed by atoms with Gasteiger partial charge in [0.2, 0.25) is 0 Å². The third-order valence-corrected chi connectivity index (χ3v) is 13.1. The molecular weight excluding hydrogens is 699 g/mol. The fraction of sp³-hybridized carbons (Fsp3) is 0.0189. The number of fused-ring (bicyclic) bond motifs is 14. The lowest BCUT2D eigenvalue weighted by Crippen LogP contribution is -2.32. The summed E-state index contributed by atoms with van der Waals surface area (Å²) in [5.41, 5.74) is 14.9. The zero-order chi connectivity index (χ0) is 36.8. The third-order valence-electron chi connectivity index (χ3n) is 11.9. The van der Waals surface area contributed by atoms with Gasteiger partial charge in [0.25, 0.3) is 0 Å². The zero-order valence-corrected chi connectivity index (χ0v) is 31.1. The van der Waals surface area contributed by atoms with Crippen LogP contribution in [0.5, 0.6) is 0 Å². The second-order valence-electron chi connectivity index (χ2n) is 14.8. The third kappa shape index (κ3) is 4.40. The molecule has 2 aliphatic rings. The van der Waals surface area contributed by atoms with Crippen LogP contribution in [0.2, 0.25) is 0 Å². The number of rotatable bonds is 4. The highest BCUT2D eigenvalue weighted by molar-refractivity contribution is 7.99. The van der Waals surface area contributed by atoms with E-state index in [4.69, 9.17) is 4.42 Å². The van der Waals surface area contributed by atoms with Gasteiger partial charge < -0.3 is 9.32 Å². The van der Waals surface area contributed by atoms with E-state index in [9.17, 15) is 0 Å². The minimum absolute atomic E-state index is 0.446. The van der Waals surface area contributed by atoms with Crippen molar-refractivity contribution in [2.75, 3.05) is 4.90 Å². The van der Waals surface area contributed by atoms with Crippen molar-refractivity contribution >= 4 is 61.5 Å². The molecule has 0 fully saturated rings. The molecule has 0 saturated heterocycles. The maximum absolute atomic E-state index is 6.55. The van der Waals surface area contributed by atoms with E-state index >= 15 is 0 Å². The molecule has 2 heterocycles. The van der Waals surface area contributed by atoms with Gasteiger partial charge in [0.15, 0.2) is 5.58 Å². The molecule has 262 valence electrons. The lowest BCUT2D eigenvalue weighted by molar-refractivity contribution is 0.669. The van der Waals surface area contributed by atoms with Gasteiger partial charge in [-0.3, -0.25) is 0 Å². The van der Waals surface area contributed by atoms with E-state index in [1.54, 1.807) is 0 Å². The maximum Gasteiger partial charge on any atom is 0.159 e. The van der Waals surface area contributed by atoms with E-state index < -0.39 is 5.41 Å². The monoisotopic (exact) mass is 731 g/mol. The summed E-state index contributed by atoms with van der Waals surface area (Å²) >= 11 is 1.91. The number of anilines is 3. The summed E-state index contributed by atoms with van der Waals surface area (Å²) in [7, 11) is 0. The van der Waals surface area contributed by atoms with Crippen molar-refractivity contribution in [3.63, 3.8) is 0 Å². The molecule has 3 heteroatoms. The van der Waals surface area contributed by atoms with Gasteiger partial charge >= 0.3 is 0 Å². The Morgan fingerprint density at radius 2 is 1.07 bits per heavy atom. The fourth-order valence-electron chi connectivity index (χ4n) is 9.53. The van der Waals surface area contributed by atoms with Gasteiger partial charge in [-0.2, -0.15) is 0 Å². The first-order valence-corrected chi connectivity index (χ1v) is 20.0. The van der Waals surface area contributed by atoms with Crippen LogP contribution in [-0.2, 0) is 5.41 Å². The van der Waals surface area contributed by atoms with Gasteiger partial charge in [-0.1, -0.05) is 163 Å².